The minimum absolute atomic E-state index is 0.717. The molecular formula is C15H20BrNOS. The fraction of sp³-hybridized carbons (Fsp3) is 0.600. The summed E-state index contributed by atoms with van der Waals surface area (Å²) in [4.78, 5) is 1.43. The Morgan fingerprint density at radius 2 is 2.00 bits per heavy atom. The summed E-state index contributed by atoms with van der Waals surface area (Å²) >= 11 is 5.62. The molecule has 0 spiro atoms. The van der Waals surface area contributed by atoms with Gasteiger partial charge in [-0.1, -0.05) is 15.9 Å². The molecule has 104 valence electrons. The number of ether oxygens (including phenoxy) is 1. The Bertz CT molecular complexity index is 430. The molecule has 1 heterocycles. The normalized spacial score (nSPS) is 20.7. The van der Waals surface area contributed by atoms with E-state index in [2.05, 4.69) is 39.4 Å². The molecule has 1 aromatic carbocycles. The summed E-state index contributed by atoms with van der Waals surface area (Å²) in [6.07, 6.45) is 5.04. The quantitative estimate of drug-likeness (QED) is 0.875. The molecule has 4 heteroatoms. The van der Waals surface area contributed by atoms with Crippen LogP contribution in [0.25, 0.3) is 0 Å². The average molecular weight is 342 g/mol. The number of hydrogen-bond donors (Lipinski definition) is 1. The first-order chi connectivity index (χ1) is 9.31. The highest BCUT2D eigenvalue weighted by Gasteiger charge is 2.21. The Kier molecular flexibility index (Phi) is 4.85. The zero-order chi connectivity index (χ0) is 13.1. The second kappa shape index (κ2) is 6.61. The maximum Gasteiger partial charge on any atom is 0.0476 e. The van der Waals surface area contributed by atoms with Gasteiger partial charge in [-0.3, -0.25) is 0 Å². The molecule has 3 rings (SSSR count). The van der Waals surface area contributed by atoms with Crippen molar-refractivity contribution in [3.05, 3.63) is 28.2 Å². The Balaban J connectivity index is 1.66. The highest BCUT2D eigenvalue weighted by Crippen LogP contribution is 2.33. The maximum atomic E-state index is 5.44. The molecule has 1 N–H and O–H groups in total. The fourth-order valence-corrected chi connectivity index (χ4v) is 3.94. The fourth-order valence-electron chi connectivity index (χ4n) is 2.32. The molecule has 1 saturated heterocycles. The van der Waals surface area contributed by atoms with Crippen molar-refractivity contribution in [2.45, 2.75) is 48.4 Å². The van der Waals surface area contributed by atoms with Gasteiger partial charge in [0.05, 0.1) is 0 Å². The molecule has 1 aliphatic carbocycles. The smallest absolute Gasteiger partial charge is 0.0476 e. The second-order valence-corrected chi connectivity index (χ2v) is 7.59. The van der Waals surface area contributed by atoms with Gasteiger partial charge in [-0.25, -0.2) is 0 Å². The summed E-state index contributed by atoms with van der Waals surface area (Å²) in [6, 6.07) is 7.44. The van der Waals surface area contributed by atoms with Crippen molar-refractivity contribution >= 4 is 27.7 Å². The summed E-state index contributed by atoms with van der Waals surface area (Å²) < 4.78 is 6.62. The van der Waals surface area contributed by atoms with E-state index in [4.69, 9.17) is 4.74 Å². The predicted molar refractivity (Wildman–Crippen MR) is 83.7 cm³/mol. The molecular weight excluding hydrogens is 322 g/mol. The van der Waals surface area contributed by atoms with Crippen LogP contribution in [0.1, 0.15) is 31.2 Å². The van der Waals surface area contributed by atoms with Gasteiger partial charge in [0.2, 0.25) is 0 Å². The lowest BCUT2D eigenvalue weighted by Crippen LogP contribution is -2.19. The van der Waals surface area contributed by atoms with Gasteiger partial charge >= 0.3 is 0 Å². The molecule has 0 atom stereocenters. The zero-order valence-corrected chi connectivity index (χ0v) is 13.4. The van der Waals surface area contributed by atoms with E-state index in [9.17, 15) is 0 Å². The summed E-state index contributed by atoms with van der Waals surface area (Å²) in [5.74, 6) is 0. The molecule has 2 fully saturated rings. The third kappa shape index (κ3) is 4.22. The van der Waals surface area contributed by atoms with Crippen LogP contribution in [0.15, 0.2) is 27.6 Å². The Morgan fingerprint density at radius 1 is 1.21 bits per heavy atom. The summed E-state index contributed by atoms with van der Waals surface area (Å²) in [6.45, 7) is 2.84. The Hall–Kier alpha value is -0.0300. The van der Waals surface area contributed by atoms with Crippen molar-refractivity contribution in [3.8, 4) is 0 Å². The number of nitrogens with one attached hydrogen (secondary N) is 1. The maximum absolute atomic E-state index is 5.44. The Morgan fingerprint density at radius 3 is 2.74 bits per heavy atom. The molecule has 0 bridgehead atoms. The standard InChI is InChI=1S/C15H20BrNOS/c16-12-1-4-15(19-14-5-7-18-8-6-14)11(9-12)10-17-13-2-3-13/h1,4,9,13-14,17H,2-3,5-8,10H2. The number of thioether (sulfide) groups is 1. The molecule has 1 aromatic rings. The minimum Gasteiger partial charge on any atom is -0.381 e. The van der Waals surface area contributed by atoms with Gasteiger partial charge in [0, 0.05) is 40.4 Å². The van der Waals surface area contributed by atoms with Crippen molar-refractivity contribution in [1.82, 2.24) is 5.32 Å². The highest BCUT2D eigenvalue weighted by molar-refractivity contribution is 9.10. The van der Waals surface area contributed by atoms with Crippen LogP contribution in [-0.2, 0) is 11.3 Å². The van der Waals surface area contributed by atoms with Gasteiger partial charge in [-0.05, 0) is 49.4 Å². The first kappa shape index (κ1) is 13.9. The second-order valence-electron chi connectivity index (χ2n) is 5.34. The van der Waals surface area contributed by atoms with Gasteiger partial charge in [0.25, 0.3) is 0 Å². The van der Waals surface area contributed by atoms with Crippen molar-refractivity contribution in [2.75, 3.05) is 13.2 Å². The third-order valence-corrected chi connectivity index (χ3v) is 5.59. The molecule has 0 unspecified atom stereocenters. The first-order valence-corrected chi connectivity index (χ1v) is 8.75. The van der Waals surface area contributed by atoms with Crippen LogP contribution in [-0.4, -0.2) is 24.5 Å². The van der Waals surface area contributed by atoms with E-state index in [-0.39, 0.29) is 0 Å². The van der Waals surface area contributed by atoms with Crippen LogP contribution in [0, 0.1) is 0 Å². The van der Waals surface area contributed by atoms with Gasteiger partial charge in [0.1, 0.15) is 0 Å². The van der Waals surface area contributed by atoms with Crippen LogP contribution in [0.4, 0.5) is 0 Å². The van der Waals surface area contributed by atoms with Crippen molar-refractivity contribution in [3.63, 3.8) is 0 Å². The predicted octanol–water partition coefficient (Wildman–Crippen LogP) is 3.97. The lowest BCUT2D eigenvalue weighted by atomic mass is 10.2. The lowest BCUT2D eigenvalue weighted by molar-refractivity contribution is 0.1000. The highest BCUT2D eigenvalue weighted by atomic mass is 79.9. The summed E-state index contributed by atoms with van der Waals surface area (Å²) in [7, 11) is 0. The van der Waals surface area contributed by atoms with Gasteiger partial charge < -0.3 is 10.1 Å². The van der Waals surface area contributed by atoms with Crippen LogP contribution in [0.5, 0.6) is 0 Å². The summed E-state index contributed by atoms with van der Waals surface area (Å²) in [5.41, 5.74) is 1.43. The molecule has 1 saturated carbocycles. The van der Waals surface area contributed by atoms with Crippen LogP contribution < -0.4 is 5.32 Å². The largest absolute Gasteiger partial charge is 0.381 e. The van der Waals surface area contributed by atoms with Crippen molar-refractivity contribution in [1.29, 1.82) is 0 Å². The van der Waals surface area contributed by atoms with Crippen molar-refractivity contribution < 1.29 is 4.74 Å². The molecule has 0 radical (unpaired) electrons. The van der Waals surface area contributed by atoms with E-state index in [1.807, 2.05) is 11.8 Å². The molecule has 0 aromatic heterocycles. The topological polar surface area (TPSA) is 21.3 Å². The SMILES string of the molecule is Brc1ccc(SC2CCOCC2)c(CNC2CC2)c1. The van der Waals surface area contributed by atoms with Crippen molar-refractivity contribution in [2.24, 2.45) is 0 Å². The monoisotopic (exact) mass is 341 g/mol. The number of rotatable bonds is 5. The average Bonchev–Trinajstić information content (AvgIpc) is 3.24. The lowest BCUT2D eigenvalue weighted by Gasteiger charge is -2.22. The van der Waals surface area contributed by atoms with E-state index in [1.54, 1.807) is 0 Å². The van der Waals surface area contributed by atoms with E-state index >= 15 is 0 Å². The molecule has 19 heavy (non-hydrogen) atoms. The Labute approximate surface area is 127 Å². The van der Waals surface area contributed by atoms with Gasteiger partial charge in [-0.2, -0.15) is 0 Å². The first-order valence-electron chi connectivity index (χ1n) is 7.07. The number of hydrogen-bond acceptors (Lipinski definition) is 3. The molecule has 0 amide bonds. The zero-order valence-electron chi connectivity index (χ0n) is 11.0. The molecule has 2 nitrogen and oxygen atoms in total. The van der Waals surface area contributed by atoms with Crippen LogP contribution in [0.2, 0.25) is 0 Å². The van der Waals surface area contributed by atoms with Crippen LogP contribution in [0.3, 0.4) is 0 Å². The number of halogens is 1. The van der Waals surface area contributed by atoms with E-state index in [0.717, 1.165) is 31.1 Å². The third-order valence-electron chi connectivity index (χ3n) is 3.64. The van der Waals surface area contributed by atoms with Gasteiger partial charge in [0.15, 0.2) is 0 Å². The summed E-state index contributed by atoms with van der Waals surface area (Å²) in [5, 5.41) is 4.34. The van der Waals surface area contributed by atoms with E-state index in [1.165, 1.54) is 40.6 Å². The van der Waals surface area contributed by atoms with E-state index < -0.39 is 0 Å². The van der Waals surface area contributed by atoms with E-state index in [0.29, 0.717) is 0 Å². The molecule has 2 aliphatic rings. The minimum atomic E-state index is 0.717. The van der Waals surface area contributed by atoms with Gasteiger partial charge in [-0.15, -0.1) is 11.8 Å². The molecule has 1 aliphatic heterocycles. The van der Waals surface area contributed by atoms with Crippen LogP contribution >= 0.6 is 27.7 Å². The number of benzene rings is 1.